The molecule has 0 atom stereocenters. The Balaban J connectivity index is 2.00. The lowest BCUT2D eigenvalue weighted by Crippen LogP contribution is -2.52. The van der Waals surface area contributed by atoms with Crippen LogP contribution in [0.25, 0.3) is 0 Å². The van der Waals surface area contributed by atoms with Gasteiger partial charge in [0, 0.05) is 32.1 Å². The molecule has 1 saturated heterocycles. The zero-order chi connectivity index (χ0) is 17.0. The number of halogens is 1. The molecule has 1 aromatic carbocycles. The van der Waals surface area contributed by atoms with E-state index in [1.165, 1.54) is 6.07 Å². The van der Waals surface area contributed by atoms with Crippen molar-refractivity contribution < 1.29 is 14.0 Å². The minimum Gasteiger partial charge on any atom is -0.339 e. The topological polar surface area (TPSA) is 40.6 Å². The number of hydrogen-bond acceptors (Lipinski definition) is 2. The molecule has 0 N–H and O–H groups in total. The molecule has 1 fully saturated rings. The van der Waals surface area contributed by atoms with Crippen LogP contribution < -0.4 is 0 Å². The molecule has 0 spiro atoms. The monoisotopic (exact) mass is 320 g/mol. The molecule has 0 bridgehead atoms. The van der Waals surface area contributed by atoms with Gasteiger partial charge in [-0.2, -0.15) is 0 Å². The molecule has 0 unspecified atom stereocenters. The number of piperazine rings is 1. The molecule has 5 heteroatoms. The molecule has 1 heterocycles. The van der Waals surface area contributed by atoms with Crippen molar-refractivity contribution in [1.82, 2.24) is 9.80 Å². The van der Waals surface area contributed by atoms with E-state index in [0.29, 0.717) is 26.2 Å². The summed E-state index contributed by atoms with van der Waals surface area (Å²) in [4.78, 5) is 28.3. The molecule has 1 aliphatic rings. The molecule has 4 nitrogen and oxygen atoms in total. The summed E-state index contributed by atoms with van der Waals surface area (Å²) in [5, 5.41) is 0. The standard InChI is InChI=1S/C18H25FN2O2/c1-4-14(5-2)17(22)20-8-10-21(11-9-20)18(23)15-12-13(3)6-7-16(15)19/h6-7,12,14H,4-5,8-11H2,1-3H3. The van der Waals surface area contributed by atoms with Crippen LogP contribution in [0.5, 0.6) is 0 Å². The van der Waals surface area contributed by atoms with E-state index in [9.17, 15) is 14.0 Å². The molecular weight excluding hydrogens is 295 g/mol. The van der Waals surface area contributed by atoms with Crippen molar-refractivity contribution in [1.29, 1.82) is 0 Å². The van der Waals surface area contributed by atoms with Gasteiger partial charge in [0.05, 0.1) is 5.56 Å². The van der Waals surface area contributed by atoms with E-state index in [0.717, 1.165) is 18.4 Å². The predicted molar refractivity (Wildman–Crippen MR) is 87.7 cm³/mol. The maximum atomic E-state index is 13.9. The average Bonchev–Trinajstić information content (AvgIpc) is 2.57. The fourth-order valence-electron chi connectivity index (χ4n) is 3.00. The number of aryl methyl sites for hydroxylation is 1. The average molecular weight is 320 g/mol. The summed E-state index contributed by atoms with van der Waals surface area (Å²) in [7, 11) is 0. The summed E-state index contributed by atoms with van der Waals surface area (Å²) in [6.45, 7) is 7.83. The third-order valence-corrected chi connectivity index (χ3v) is 4.57. The Morgan fingerprint density at radius 2 is 1.65 bits per heavy atom. The Bertz CT molecular complexity index is 576. The van der Waals surface area contributed by atoms with Gasteiger partial charge in [0.15, 0.2) is 0 Å². The fraction of sp³-hybridized carbons (Fsp3) is 0.556. The first kappa shape index (κ1) is 17.4. The molecule has 0 aliphatic carbocycles. The molecule has 2 rings (SSSR count). The first-order valence-electron chi connectivity index (χ1n) is 8.32. The summed E-state index contributed by atoms with van der Waals surface area (Å²) >= 11 is 0. The van der Waals surface area contributed by atoms with Crippen LogP contribution >= 0.6 is 0 Å². The van der Waals surface area contributed by atoms with E-state index in [4.69, 9.17) is 0 Å². The summed E-state index contributed by atoms with van der Waals surface area (Å²) < 4.78 is 13.9. The number of nitrogens with zero attached hydrogens (tertiary/aromatic N) is 2. The van der Waals surface area contributed by atoms with Gasteiger partial charge in [0.25, 0.3) is 5.91 Å². The molecule has 23 heavy (non-hydrogen) atoms. The second-order valence-electron chi connectivity index (χ2n) is 6.11. The Hall–Kier alpha value is -1.91. The highest BCUT2D eigenvalue weighted by atomic mass is 19.1. The highest BCUT2D eigenvalue weighted by molar-refractivity contribution is 5.95. The van der Waals surface area contributed by atoms with Crippen LogP contribution in [-0.4, -0.2) is 47.8 Å². The van der Waals surface area contributed by atoms with E-state index in [1.807, 2.05) is 25.7 Å². The zero-order valence-corrected chi connectivity index (χ0v) is 14.1. The third kappa shape index (κ3) is 3.89. The summed E-state index contributed by atoms with van der Waals surface area (Å²) in [5.74, 6) is -0.549. The molecule has 0 radical (unpaired) electrons. The molecule has 2 amide bonds. The van der Waals surface area contributed by atoms with Crippen LogP contribution in [0.1, 0.15) is 42.6 Å². The van der Waals surface area contributed by atoms with E-state index >= 15 is 0 Å². The van der Waals surface area contributed by atoms with E-state index in [2.05, 4.69) is 0 Å². The van der Waals surface area contributed by atoms with Crippen LogP contribution in [0.3, 0.4) is 0 Å². The summed E-state index contributed by atoms with van der Waals surface area (Å²) in [6, 6.07) is 4.56. The van der Waals surface area contributed by atoms with E-state index in [-0.39, 0.29) is 23.3 Å². The van der Waals surface area contributed by atoms with Crippen LogP contribution in [0, 0.1) is 18.7 Å². The highest BCUT2D eigenvalue weighted by Gasteiger charge is 2.28. The highest BCUT2D eigenvalue weighted by Crippen LogP contribution is 2.17. The molecular formula is C18H25FN2O2. The first-order valence-corrected chi connectivity index (χ1v) is 8.32. The Morgan fingerprint density at radius 3 is 2.22 bits per heavy atom. The first-order chi connectivity index (χ1) is 11.0. The maximum absolute atomic E-state index is 13.9. The van der Waals surface area contributed by atoms with Crippen LogP contribution in [0.15, 0.2) is 18.2 Å². The van der Waals surface area contributed by atoms with E-state index in [1.54, 1.807) is 17.0 Å². The maximum Gasteiger partial charge on any atom is 0.256 e. The molecule has 126 valence electrons. The lowest BCUT2D eigenvalue weighted by atomic mass is 10.0. The molecule has 1 aromatic rings. The van der Waals surface area contributed by atoms with Crippen LogP contribution in [-0.2, 0) is 4.79 Å². The number of rotatable bonds is 4. The van der Waals surface area contributed by atoms with Gasteiger partial charge < -0.3 is 9.80 Å². The summed E-state index contributed by atoms with van der Waals surface area (Å²) in [5.41, 5.74) is 0.974. The molecule has 0 saturated carbocycles. The fourth-order valence-corrected chi connectivity index (χ4v) is 3.00. The van der Waals surface area contributed by atoms with Gasteiger partial charge in [0.1, 0.15) is 5.82 Å². The number of carbonyl (C=O) groups excluding carboxylic acids is 2. The smallest absolute Gasteiger partial charge is 0.256 e. The predicted octanol–water partition coefficient (Wildman–Crippen LogP) is 2.85. The normalized spacial score (nSPS) is 15.2. The largest absolute Gasteiger partial charge is 0.339 e. The Kier molecular flexibility index (Phi) is 5.74. The Morgan fingerprint density at radius 1 is 1.09 bits per heavy atom. The van der Waals surface area contributed by atoms with Gasteiger partial charge in [0.2, 0.25) is 5.91 Å². The van der Waals surface area contributed by atoms with E-state index < -0.39 is 5.82 Å². The lowest BCUT2D eigenvalue weighted by Gasteiger charge is -2.36. The van der Waals surface area contributed by atoms with Gasteiger partial charge in [-0.05, 0) is 31.9 Å². The lowest BCUT2D eigenvalue weighted by molar-refractivity contribution is -0.137. The molecule has 0 aromatic heterocycles. The zero-order valence-electron chi connectivity index (χ0n) is 14.1. The van der Waals surface area contributed by atoms with Gasteiger partial charge in [-0.1, -0.05) is 25.5 Å². The summed E-state index contributed by atoms with van der Waals surface area (Å²) in [6.07, 6.45) is 1.67. The van der Waals surface area contributed by atoms with Crippen molar-refractivity contribution >= 4 is 11.8 Å². The van der Waals surface area contributed by atoms with Crippen molar-refractivity contribution in [2.75, 3.05) is 26.2 Å². The van der Waals surface area contributed by atoms with Crippen LogP contribution in [0.4, 0.5) is 4.39 Å². The van der Waals surface area contributed by atoms with Crippen LogP contribution in [0.2, 0.25) is 0 Å². The number of carbonyl (C=O) groups is 2. The second-order valence-corrected chi connectivity index (χ2v) is 6.11. The quantitative estimate of drug-likeness (QED) is 0.856. The van der Waals surface area contributed by atoms with Gasteiger partial charge in [-0.25, -0.2) is 4.39 Å². The number of amides is 2. The minimum absolute atomic E-state index is 0.0615. The van der Waals surface area contributed by atoms with Crippen molar-refractivity contribution in [3.05, 3.63) is 35.1 Å². The van der Waals surface area contributed by atoms with Crippen molar-refractivity contribution in [3.63, 3.8) is 0 Å². The number of hydrogen-bond donors (Lipinski definition) is 0. The number of benzene rings is 1. The van der Waals surface area contributed by atoms with Crippen molar-refractivity contribution in [3.8, 4) is 0 Å². The Labute approximate surface area is 137 Å². The SMILES string of the molecule is CCC(CC)C(=O)N1CCN(C(=O)c2cc(C)ccc2F)CC1. The third-order valence-electron chi connectivity index (χ3n) is 4.57. The van der Waals surface area contributed by atoms with Gasteiger partial charge in [-0.15, -0.1) is 0 Å². The minimum atomic E-state index is -0.490. The molecule has 1 aliphatic heterocycles. The van der Waals surface area contributed by atoms with Gasteiger partial charge >= 0.3 is 0 Å². The second kappa shape index (κ2) is 7.57. The van der Waals surface area contributed by atoms with Gasteiger partial charge in [-0.3, -0.25) is 9.59 Å². The van der Waals surface area contributed by atoms with Crippen molar-refractivity contribution in [2.45, 2.75) is 33.6 Å². The van der Waals surface area contributed by atoms with Crippen molar-refractivity contribution in [2.24, 2.45) is 5.92 Å².